The lowest BCUT2D eigenvalue weighted by Gasteiger charge is -2.24. The van der Waals surface area contributed by atoms with Crippen molar-refractivity contribution in [3.63, 3.8) is 0 Å². The molecule has 1 aliphatic heterocycles. The number of hydrogen-bond donors (Lipinski definition) is 1. The second-order valence-electron chi connectivity index (χ2n) is 2.63. The average Bonchev–Trinajstić information content (AvgIpc) is 2.32. The lowest BCUT2D eigenvalue weighted by molar-refractivity contribution is -0.971. The molecule has 0 spiro atoms. The highest BCUT2D eigenvalue weighted by molar-refractivity contribution is 14.1. The number of carboxylic acids is 1. The highest BCUT2D eigenvalue weighted by Gasteiger charge is 2.55. The van der Waals surface area contributed by atoms with E-state index in [9.17, 15) is 24.7 Å². The van der Waals surface area contributed by atoms with Gasteiger partial charge in [0.1, 0.15) is 5.97 Å². The molecule has 1 unspecified atom stereocenters. The van der Waals surface area contributed by atoms with Gasteiger partial charge in [0.25, 0.3) is 0 Å². The van der Waals surface area contributed by atoms with E-state index in [1.54, 1.807) is 0 Å². The summed E-state index contributed by atoms with van der Waals surface area (Å²) in [6.07, 6.45) is -0.246. The first-order chi connectivity index (χ1) is 5.90. The van der Waals surface area contributed by atoms with Gasteiger partial charge in [-0.25, -0.2) is 9.59 Å². The lowest BCUT2D eigenvalue weighted by Crippen LogP contribution is -2.60. The number of halogens is 1. The quantitative estimate of drug-likeness (QED) is 0.168. The highest BCUT2D eigenvalue weighted by atomic mass is 127. The summed E-state index contributed by atoms with van der Waals surface area (Å²) in [4.78, 5) is 32.5. The summed E-state index contributed by atoms with van der Waals surface area (Å²) in [5, 5.41) is 19.9. The van der Waals surface area contributed by atoms with E-state index in [-0.39, 0.29) is 12.8 Å². The lowest BCUT2D eigenvalue weighted by atomic mass is 10.4. The van der Waals surface area contributed by atoms with Gasteiger partial charge in [0.2, 0.25) is 4.05 Å². The smallest absolute Gasteiger partial charge is 0.355 e. The number of carbonyl (C=O) groups excluding carboxylic acids is 3. The Balaban J connectivity index is 3.04. The van der Waals surface area contributed by atoms with Crippen molar-refractivity contribution < 1.29 is 29.3 Å². The molecule has 1 fully saturated rings. The third kappa shape index (κ3) is 1.46. The van der Waals surface area contributed by atoms with Crippen LogP contribution in [-0.4, -0.2) is 31.7 Å². The number of hydroxylamine groups is 3. The number of carboxylic acid groups (broad SMARTS) is 1. The van der Waals surface area contributed by atoms with E-state index < -0.39 is 26.5 Å². The molecule has 0 aliphatic carbocycles. The van der Waals surface area contributed by atoms with Crippen LogP contribution in [0.3, 0.4) is 0 Å². The van der Waals surface area contributed by atoms with Gasteiger partial charge < -0.3 is 9.90 Å². The Hall–Kier alpha value is -0.540. The van der Waals surface area contributed by atoms with Crippen molar-refractivity contribution in [1.29, 1.82) is 0 Å². The molecule has 1 rings (SSSR count). The van der Waals surface area contributed by atoms with Crippen LogP contribution in [0.4, 0.5) is 0 Å². The molecular formula is C6H6INO5. The summed E-state index contributed by atoms with van der Waals surface area (Å²) in [7, 11) is 0. The van der Waals surface area contributed by atoms with Crippen LogP contribution in [0.5, 0.6) is 0 Å². The molecule has 1 N–H and O–H groups in total. The molecule has 0 aromatic rings. The van der Waals surface area contributed by atoms with Gasteiger partial charge in [-0.15, -0.1) is 0 Å². The van der Waals surface area contributed by atoms with Crippen LogP contribution in [0, 0.1) is 0 Å². The minimum Gasteiger partial charge on any atom is -0.543 e. The summed E-state index contributed by atoms with van der Waals surface area (Å²) in [5.74, 6) is -3.23. The topological polar surface area (TPSA) is 94.5 Å². The number of likely N-dealkylation sites (tertiary alicyclic amines) is 1. The summed E-state index contributed by atoms with van der Waals surface area (Å²) in [6.45, 7) is 0. The van der Waals surface area contributed by atoms with Crippen LogP contribution in [0.15, 0.2) is 0 Å². The Morgan fingerprint density at radius 1 is 1.46 bits per heavy atom. The van der Waals surface area contributed by atoms with E-state index in [2.05, 4.69) is 0 Å². The molecule has 13 heavy (non-hydrogen) atoms. The number of hydrogen-bond acceptors (Lipinski definition) is 5. The fourth-order valence-electron chi connectivity index (χ4n) is 1.10. The third-order valence-corrected chi connectivity index (χ3v) is 3.15. The number of quaternary nitrogens is 1. The minimum atomic E-state index is -1.66. The minimum absolute atomic E-state index is 0.123. The van der Waals surface area contributed by atoms with Crippen LogP contribution in [0.2, 0.25) is 0 Å². The SMILES string of the molecule is O=C([O-])C(I)[N+]1(O)C(=O)CCC1=O. The van der Waals surface area contributed by atoms with Crippen molar-refractivity contribution in [3.8, 4) is 0 Å². The van der Waals surface area contributed by atoms with Gasteiger partial charge in [-0.3, -0.25) is 0 Å². The van der Waals surface area contributed by atoms with Gasteiger partial charge in [-0.2, -0.15) is 5.21 Å². The van der Waals surface area contributed by atoms with E-state index in [1.165, 1.54) is 22.6 Å². The molecule has 1 heterocycles. The molecule has 0 radical (unpaired) electrons. The molecule has 0 aromatic carbocycles. The van der Waals surface area contributed by atoms with E-state index in [1.807, 2.05) is 0 Å². The molecular weight excluding hydrogens is 293 g/mol. The first kappa shape index (κ1) is 10.5. The number of amides is 2. The third-order valence-electron chi connectivity index (χ3n) is 1.84. The van der Waals surface area contributed by atoms with Crippen molar-refractivity contribution in [3.05, 3.63) is 0 Å². The fraction of sp³-hybridized carbons (Fsp3) is 0.500. The summed E-state index contributed by atoms with van der Waals surface area (Å²) >= 11 is 1.30. The van der Waals surface area contributed by atoms with Crippen LogP contribution in [-0.2, 0) is 14.4 Å². The zero-order valence-electron chi connectivity index (χ0n) is 6.40. The standard InChI is InChI=1S/C6H6INO5/c7-5(6(11)12)8(13)3(9)1-2-4(8)10/h5,13H,1-2H2. The van der Waals surface area contributed by atoms with Crippen molar-refractivity contribution in [1.82, 2.24) is 0 Å². The Labute approximate surface area is 86.8 Å². The van der Waals surface area contributed by atoms with Gasteiger partial charge >= 0.3 is 11.8 Å². The molecule has 0 bridgehead atoms. The zero-order valence-corrected chi connectivity index (χ0v) is 8.55. The molecule has 1 aliphatic rings. The number of imide groups is 1. The highest BCUT2D eigenvalue weighted by Crippen LogP contribution is 2.26. The van der Waals surface area contributed by atoms with Crippen molar-refractivity contribution in [2.24, 2.45) is 0 Å². The Morgan fingerprint density at radius 3 is 2.15 bits per heavy atom. The van der Waals surface area contributed by atoms with Crippen LogP contribution in [0.1, 0.15) is 12.8 Å². The van der Waals surface area contributed by atoms with E-state index in [0.717, 1.165) is 0 Å². The Bertz CT molecular complexity index is 273. The monoisotopic (exact) mass is 299 g/mol. The maximum atomic E-state index is 11.1. The number of rotatable bonds is 2. The molecule has 1 saturated heterocycles. The first-order valence-corrected chi connectivity index (χ1v) is 4.68. The van der Waals surface area contributed by atoms with E-state index in [4.69, 9.17) is 0 Å². The molecule has 0 saturated carbocycles. The maximum absolute atomic E-state index is 11.1. The predicted octanol–water partition coefficient (Wildman–Crippen LogP) is -1.45. The fourth-order valence-corrected chi connectivity index (χ4v) is 1.72. The van der Waals surface area contributed by atoms with Crippen molar-refractivity contribution in [2.75, 3.05) is 0 Å². The zero-order chi connectivity index (χ0) is 10.2. The maximum Gasteiger partial charge on any atom is 0.355 e. The summed E-state index contributed by atoms with van der Waals surface area (Å²) < 4.78 is -3.23. The Kier molecular flexibility index (Phi) is 2.68. The van der Waals surface area contributed by atoms with Crippen LogP contribution in [0.25, 0.3) is 0 Å². The molecule has 7 heteroatoms. The first-order valence-electron chi connectivity index (χ1n) is 3.44. The molecule has 6 nitrogen and oxygen atoms in total. The number of aliphatic carboxylic acids is 1. The van der Waals surface area contributed by atoms with Gasteiger partial charge in [0.15, 0.2) is 0 Å². The van der Waals surface area contributed by atoms with E-state index >= 15 is 0 Å². The van der Waals surface area contributed by atoms with E-state index in [0.29, 0.717) is 0 Å². The van der Waals surface area contributed by atoms with Crippen molar-refractivity contribution in [2.45, 2.75) is 16.9 Å². The molecule has 72 valence electrons. The van der Waals surface area contributed by atoms with Gasteiger partial charge in [-0.05, 0) is 27.2 Å². The number of nitrogens with zero attached hydrogens (tertiary/aromatic N) is 1. The second kappa shape index (κ2) is 3.31. The van der Waals surface area contributed by atoms with Crippen LogP contribution < -0.4 is 5.11 Å². The average molecular weight is 299 g/mol. The Morgan fingerprint density at radius 2 is 1.85 bits per heavy atom. The predicted molar refractivity (Wildman–Crippen MR) is 44.1 cm³/mol. The molecule has 2 amide bonds. The summed E-state index contributed by atoms with van der Waals surface area (Å²) in [6, 6.07) is 0. The largest absolute Gasteiger partial charge is 0.543 e. The normalized spacial score (nSPS) is 23.2. The molecule has 1 atom stereocenters. The number of alkyl halides is 1. The van der Waals surface area contributed by atoms with Crippen LogP contribution >= 0.6 is 22.6 Å². The second-order valence-corrected chi connectivity index (χ2v) is 3.81. The number of carbonyl (C=O) groups is 3. The van der Waals surface area contributed by atoms with Crippen molar-refractivity contribution >= 4 is 40.4 Å². The summed E-state index contributed by atoms with van der Waals surface area (Å²) in [5.41, 5.74) is 0. The van der Waals surface area contributed by atoms with Gasteiger partial charge in [0, 0.05) is 0 Å². The van der Waals surface area contributed by atoms with Gasteiger partial charge in [0.05, 0.1) is 12.8 Å². The molecule has 0 aromatic heterocycles. The van der Waals surface area contributed by atoms with Gasteiger partial charge in [-0.1, -0.05) is 0 Å².